The lowest BCUT2D eigenvalue weighted by Crippen LogP contribution is -2.46. The quantitative estimate of drug-likeness (QED) is 0.499. The van der Waals surface area contributed by atoms with E-state index in [0.29, 0.717) is 24.7 Å². The van der Waals surface area contributed by atoms with Gasteiger partial charge in [-0.05, 0) is 44.7 Å². The van der Waals surface area contributed by atoms with Crippen LogP contribution < -0.4 is 20.3 Å². The number of hydrogen-bond acceptors (Lipinski definition) is 4. The first-order chi connectivity index (χ1) is 13.0. The number of aliphatic hydroxyl groups is 1. The molecular weight excluding hydrogens is 354 g/mol. The van der Waals surface area contributed by atoms with Gasteiger partial charge in [-0.1, -0.05) is 12.1 Å². The van der Waals surface area contributed by atoms with Crippen LogP contribution >= 0.6 is 0 Å². The average Bonchev–Trinajstić information content (AvgIpc) is 3.06. The number of halogens is 2. The Morgan fingerprint density at radius 3 is 2.85 bits per heavy atom. The van der Waals surface area contributed by atoms with Crippen molar-refractivity contribution in [2.45, 2.75) is 50.9 Å². The fraction of sp³-hybridized carbons (Fsp3) is 0.632. The molecule has 0 radical (unpaired) electrons. The Morgan fingerprint density at radius 1 is 1.41 bits per heavy atom. The molecular formula is C19H28F2N4O2. The fourth-order valence-corrected chi connectivity index (χ4v) is 3.49. The Hall–Kier alpha value is -2.09. The summed E-state index contributed by atoms with van der Waals surface area (Å²) in [7, 11) is 0. The summed E-state index contributed by atoms with van der Waals surface area (Å²) >= 11 is 0. The van der Waals surface area contributed by atoms with Crippen molar-refractivity contribution in [1.82, 2.24) is 10.6 Å². The SMILES string of the molecule is CCNC(=NCC1(O)CCC1)NC1CCN(c2ccccc2OC(F)F)C1. The van der Waals surface area contributed by atoms with Gasteiger partial charge in [-0.2, -0.15) is 8.78 Å². The summed E-state index contributed by atoms with van der Waals surface area (Å²) in [5.74, 6) is 0.878. The van der Waals surface area contributed by atoms with Crippen LogP contribution in [0.2, 0.25) is 0 Å². The molecule has 1 aliphatic heterocycles. The van der Waals surface area contributed by atoms with E-state index in [1.165, 1.54) is 0 Å². The minimum absolute atomic E-state index is 0.137. The minimum Gasteiger partial charge on any atom is -0.433 e. The molecule has 27 heavy (non-hydrogen) atoms. The highest BCUT2D eigenvalue weighted by Gasteiger charge is 2.34. The van der Waals surface area contributed by atoms with Gasteiger partial charge in [0, 0.05) is 25.7 Å². The number of guanidine groups is 1. The molecule has 0 bridgehead atoms. The normalized spacial score (nSPS) is 21.9. The van der Waals surface area contributed by atoms with Crippen molar-refractivity contribution in [3.05, 3.63) is 24.3 Å². The molecule has 1 aliphatic carbocycles. The summed E-state index contributed by atoms with van der Waals surface area (Å²) in [4.78, 5) is 6.57. The predicted molar refractivity (Wildman–Crippen MR) is 102 cm³/mol. The van der Waals surface area contributed by atoms with Gasteiger partial charge in [-0.25, -0.2) is 0 Å². The van der Waals surface area contributed by atoms with Crippen molar-refractivity contribution in [3.8, 4) is 5.75 Å². The van der Waals surface area contributed by atoms with E-state index >= 15 is 0 Å². The van der Waals surface area contributed by atoms with Crippen LogP contribution in [0.5, 0.6) is 5.75 Å². The van der Waals surface area contributed by atoms with E-state index < -0.39 is 12.2 Å². The minimum atomic E-state index is -2.84. The van der Waals surface area contributed by atoms with Gasteiger partial charge in [0.25, 0.3) is 0 Å². The summed E-state index contributed by atoms with van der Waals surface area (Å²) in [5, 5.41) is 16.8. The monoisotopic (exact) mass is 382 g/mol. The van der Waals surface area contributed by atoms with Crippen LogP contribution in [0.4, 0.5) is 14.5 Å². The molecule has 3 N–H and O–H groups in total. The Labute approximate surface area is 158 Å². The molecule has 2 fully saturated rings. The zero-order valence-electron chi connectivity index (χ0n) is 15.6. The largest absolute Gasteiger partial charge is 0.433 e. The summed E-state index contributed by atoms with van der Waals surface area (Å²) in [6.07, 6.45) is 3.51. The molecule has 0 amide bonds. The molecule has 1 unspecified atom stereocenters. The molecule has 0 aromatic heterocycles. The first-order valence-electron chi connectivity index (χ1n) is 9.55. The molecule has 8 heteroatoms. The van der Waals surface area contributed by atoms with E-state index in [-0.39, 0.29) is 11.8 Å². The van der Waals surface area contributed by atoms with Gasteiger partial charge >= 0.3 is 6.61 Å². The van der Waals surface area contributed by atoms with Gasteiger partial charge in [0.05, 0.1) is 17.8 Å². The van der Waals surface area contributed by atoms with Crippen LogP contribution in [-0.4, -0.2) is 55.5 Å². The highest BCUT2D eigenvalue weighted by molar-refractivity contribution is 5.80. The molecule has 3 rings (SSSR count). The van der Waals surface area contributed by atoms with Crippen LogP contribution in [-0.2, 0) is 0 Å². The Balaban J connectivity index is 1.60. The average molecular weight is 382 g/mol. The maximum absolute atomic E-state index is 12.6. The van der Waals surface area contributed by atoms with Crippen molar-refractivity contribution in [2.75, 3.05) is 31.1 Å². The number of aliphatic imine (C=N–C) groups is 1. The van der Waals surface area contributed by atoms with Crippen molar-refractivity contribution in [3.63, 3.8) is 0 Å². The van der Waals surface area contributed by atoms with Gasteiger partial charge < -0.3 is 25.4 Å². The van der Waals surface area contributed by atoms with Crippen molar-refractivity contribution >= 4 is 11.6 Å². The topological polar surface area (TPSA) is 69.1 Å². The second kappa shape index (κ2) is 8.73. The van der Waals surface area contributed by atoms with E-state index in [2.05, 4.69) is 20.4 Å². The van der Waals surface area contributed by atoms with Crippen molar-refractivity contribution in [2.24, 2.45) is 4.99 Å². The second-order valence-corrected chi connectivity index (χ2v) is 7.20. The summed E-state index contributed by atoms with van der Waals surface area (Å²) in [6, 6.07) is 7.00. The molecule has 1 saturated carbocycles. The first kappa shape index (κ1) is 19.7. The third-order valence-corrected chi connectivity index (χ3v) is 5.11. The number of nitrogens with one attached hydrogen (secondary N) is 2. The summed E-state index contributed by atoms with van der Waals surface area (Å²) in [6.45, 7) is 1.68. The number of para-hydroxylation sites is 2. The smallest absolute Gasteiger partial charge is 0.387 e. The lowest BCUT2D eigenvalue weighted by Gasteiger charge is -2.35. The lowest BCUT2D eigenvalue weighted by atomic mass is 9.80. The molecule has 6 nitrogen and oxygen atoms in total. The second-order valence-electron chi connectivity index (χ2n) is 7.20. The fourth-order valence-electron chi connectivity index (χ4n) is 3.49. The number of alkyl halides is 2. The van der Waals surface area contributed by atoms with Gasteiger partial charge in [0.2, 0.25) is 0 Å². The zero-order valence-corrected chi connectivity index (χ0v) is 15.6. The van der Waals surface area contributed by atoms with Gasteiger partial charge in [-0.15, -0.1) is 0 Å². The first-order valence-corrected chi connectivity index (χ1v) is 9.55. The number of hydrogen-bond donors (Lipinski definition) is 3. The molecule has 1 aromatic rings. The van der Waals surface area contributed by atoms with Crippen LogP contribution in [0.3, 0.4) is 0 Å². The molecule has 1 aromatic carbocycles. The lowest BCUT2D eigenvalue weighted by molar-refractivity contribution is -0.0495. The maximum atomic E-state index is 12.6. The Morgan fingerprint density at radius 2 is 2.19 bits per heavy atom. The number of nitrogens with zero attached hydrogens (tertiary/aromatic N) is 2. The van der Waals surface area contributed by atoms with Crippen molar-refractivity contribution in [1.29, 1.82) is 0 Å². The number of benzene rings is 1. The highest BCUT2D eigenvalue weighted by Crippen LogP contribution is 2.32. The molecule has 2 aliphatic rings. The number of rotatable bonds is 7. The van der Waals surface area contributed by atoms with Crippen LogP contribution in [0.1, 0.15) is 32.6 Å². The van der Waals surface area contributed by atoms with E-state index in [0.717, 1.165) is 38.8 Å². The number of ether oxygens (including phenoxy) is 1. The Bertz CT molecular complexity index is 652. The van der Waals surface area contributed by atoms with E-state index in [9.17, 15) is 13.9 Å². The molecule has 0 spiro atoms. The van der Waals surface area contributed by atoms with E-state index in [1.54, 1.807) is 18.2 Å². The van der Waals surface area contributed by atoms with Crippen LogP contribution in [0.25, 0.3) is 0 Å². The van der Waals surface area contributed by atoms with Crippen molar-refractivity contribution < 1.29 is 18.6 Å². The van der Waals surface area contributed by atoms with Crippen LogP contribution in [0, 0.1) is 0 Å². The third kappa shape index (κ3) is 5.22. The molecule has 1 heterocycles. The number of anilines is 1. The molecule has 1 saturated heterocycles. The summed E-state index contributed by atoms with van der Waals surface area (Å²) in [5.41, 5.74) is 0.0168. The van der Waals surface area contributed by atoms with Crippen LogP contribution in [0.15, 0.2) is 29.3 Å². The summed E-state index contributed by atoms with van der Waals surface area (Å²) < 4.78 is 29.9. The van der Waals surface area contributed by atoms with Gasteiger partial charge in [0.15, 0.2) is 5.96 Å². The van der Waals surface area contributed by atoms with E-state index in [1.807, 2.05) is 17.9 Å². The van der Waals surface area contributed by atoms with Gasteiger partial charge in [0.1, 0.15) is 5.75 Å². The Kier molecular flexibility index (Phi) is 6.36. The highest BCUT2D eigenvalue weighted by atomic mass is 19.3. The standard InChI is InChI=1S/C19H28F2N4O2/c1-2-22-18(23-13-19(26)9-5-10-19)24-14-8-11-25(12-14)15-6-3-4-7-16(15)27-17(20)21/h3-4,6-7,14,17,26H,2,5,8-13H2,1H3,(H2,22,23,24). The third-order valence-electron chi connectivity index (χ3n) is 5.11. The van der Waals surface area contributed by atoms with E-state index in [4.69, 9.17) is 0 Å². The maximum Gasteiger partial charge on any atom is 0.387 e. The molecule has 1 atom stereocenters. The zero-order chi connectivity index (χ0) is 19.3. The van der Waals surface area contributed by atoms with Gasteiger partial charge in [-0.3, -0.25) is 4.99 Å². The molecule has 150 valence electrons. The predicted octanol–water partition coefficient (Wildman–Crippen LogP) is 2.34.